The predicted molar refractivity (Wildman–Crippen MR) is 92.8 cm³/mol. The van der Waals surface area contributed by atoms with Crippen LogP contribution in [0, 0.1) is 0 Å². The predicted octanol–water partition coefficient (Wildman–Crippen LogP) is 2.26. The third kappa shape index (κ3) is 3.00. The molecule has 2 aromatic heterocycles. The molecule has 3 heterocycles. The van der Waals surface area contributed by atoms with E-state index in [9.17, 15) is 0 Å². The number of aromatic nitrogens is 4. The Morgan fingerprint density at radius 3 is 3.08 bits per heavy atom. The van der Waals surface area contributed by atoms with E-state index in [4.69, 9.17) is 4.52 Å². The lowest BCUT2D eigenvalue weighted by Gasteiger charge is -2.30. The minimum atomic E-state index is 0.128. The molecule has 0 bridgehead atoms. The van der Waals surface area contributed by atoms with Gasteiger partial charge in [0, 0.05) is 30.3 Å². The molecule has 124 valence electrons. The van der Waals surface area contributed by atoms with Crippen LogP contribution in [0.1, 0.15) is 11.9 Å². The van der Waals surface area contributed by atoms with Crippen LogP contribution in [0.15, 0.2) is 45.5 Å². The summed E-state index contributed by atoms with van der Waals surface area (Å²) in [6.45, 7) is 2.77. The maximum Gasteiger partial charge on any atom is 0.278 e. The highest BCUT2D eigenvalue weighted by Gasteiger charge is 2.26. The number of halogens is 1. The van der Waals surface area contributed by atoms with E-state index in [-0.39, 0.29) is 6.04 Å². The van der Waals surface area contributed by atoms with Crippen molar-refractivity contribution in [1.29, 1.82) is 0 Å². The van der Waals surface area contributed by atoms with E-state index < -0.39 is 0 Å². The first-order valence-corrected chi connectivity index (χ1v) is 8.56. The van der Waals surface area contributed by atoms with Crippen molar-refractivity contribution in [2.75, 3.05) is 26.7 Å². The van der Waals surface area contributed by atoms with Crippen molar-refractivity contribution in [3.63, 3.8) is 0 Å². The van der Waals surface area contributed by atoms with Gasteiger partial charge in [0.25, 0.3) is 5.89 Å². The molecule has 1 aliphatic rings. The number of likely N-dealkylation sites (N-methyl/N-ethyl adjacent to an activating group) is 1. The molecule has 0 radical (unpaired) electrons. The zero-order valence-electron chi connectivity index (χ0n) is 13.2. The van der Waals surface area contributed by atoms with Crippen LogP contribution < -0.4 is 5.32 Å². The lowest BCUT2D eigenvalue weighted by atomic mass is 10.2. The van der Waals surface area contributed by atoms with Crippen LogP contribution in [-0.4, -0.2) is 51.5 Å². The van der Waals surface area contributed by atoms with E-state index in [1.165, 1.54) is 0 Å². The van der Waals surface area contributed by atoms with Crippen molar-refractivity contribution >= 4 is 15.9 Å². The topological polar surface area (TPSA) is 72.0 Å². The number of nitrogens with one attached hydrogen (secondary N) is 1. The highest BCUT2D eigenvalue weighted by molar-refractivity contribution is 9.10. The van der Waals surface area contributed by atoms with Gasteiger partial charge < -0.3 is 9.84 Å². The summed E-state index contributed by atoms with van der Waals surface area (Å²) in [4.78, 5) is 6.76. The molecule has 0 spiro atoms. The fraction of sp³-hybridized carbons (Fsp3) is 0.312. The maximum absolute atomic E-state index is 5.42. The largest absolute Gasteiger partial charge is 0.332 e. The second-order valence-electron chi connectivity index (χ2n) is 5.78. The summed E-state index contributed by atoms with van der Waals surface area (Å²) in [6, 6.07) is 9.94. The second-order valence-corrected chi connectivity index (χ2v) is 6.70. The average molecular weight is 389 g/mol. The van der Waals surface area contributed by atoms with Crippen molar-refractivity contribution in [3.05, 3.63) is 46.8 Å². The summed E-state index contributed by atoms with van der Waals surface area (Å²) >= 11 is 3.47. The molecule has 1 aromatic carbocycles. The Hall–Kier alpha value is -2.03. The molecule has 1 unspecified atom stereocenters. The fourth-order valence-corrected chi connectivity index (χ4v) is 3.16. The first-order valence-electron chi connectivity index (χ1n) is 7.77. The monoisotopic (exact) mass is 388 g/mol. The Bertz CT molecular complexity index is 844. The Balaban J connectivity index is 1.59. The summed E-state index contributed by atoms with van der Waals surface area (Å²) in [5.41, 5.74) is 1.63. The lowest BCUT2D eigenvalue weighted by Crippen LogP contribution is -2.44. The van der Waals surface area contributed by atoms with E-state index in [1.54, 1.807) is 4.68 Å². The van der Waals surface area contributed by atoms with Gasteiger partial charge in [0.15, 0.2) is 11.5 Å². The molecule has 0 amide bonds. The van der Waals surface area contributed by atoms with Gasteiger partial charge >= 0.3 is 0 Å². The molecule has 1 saturated heterocycles. The van der Waals surface area contributed by atoms with E-state index in [0.717, 1.165) is 29.8 Å². The maximum atomic E-state index is 5.42. The molecular formula is C16H17BrN6O. The number of hydrogen-bond acceptors (Lipinski definition) is 6. The van der Waals surface area contributed by atoms with Crippen LogP contribution >= 0.6 is 15.9 Å². The highest BCUT2D eigenvalue weighted by atomic mass is 79.9. The number of nitrogens with zero attached hydrogens (tertiary/aromatic N) is 5. The average Bonchev–Trinajstić information content (AvgIpc) is 3.25. The molecule has 1 fully saturated rings. The van der Waals surface area contributed by atoms with E-state index in [2.05, 4.69) is 48.4 Å². The molecule has 8 heteroatoms. The van der Waals surface area contributed by atoms with Gasteiger partial charge in [-0.3, -0.25) is 4.90 Å². The molecular weight excluding hydrogens is 372 g/mol. The van der Waals surface area contributed by atoms with Gasteiger partial charge in [-0.05, 0) is 31.3 Å². The number of hydrogen-bond donors (Lipinski definition) is 1. The zero-order valence-corrected chi connectivity index (χ0v) is 14.8. The van der Waals surface area contributed by atoms with Crippen molar-refractivity contribution in [3.8, 4) is 17.3 Å². The third-order valence-electron chi connectivity index (χ3n) is 4.13. The smallest absolute Gasteiger partial charge is 0.278 e. The van der Waals surface area contributed by atoms with E-state index >= 15 is 0 Å². The number of rotatable bonds is 3. The van der Waals surface area contributed by atoms with Crippen LogP contribution in [0.5, 0.6) is 0 Å². The Kier molecular flexibility index (Phi) is 4.17. The quantitative estimate of drug-likeness (QED) is 0.741. The minimum absolute atomic E-state index is 0.128. The van der Waals surface area contributed by atoms with Crippen molar-refractivity contribution in [2.45, 2.75) is 6.04 Å². The standard InChI is InChI=1S/C16H17BrN6O/c1-22-8-6-18-10-14(22)15-19-16(24-21-15)13-5-7-23(20-13)12-4-2-3-11(17)9-12/h2-5,7,9,14,18H,6,8,10H2,1H3. The SMILES string of the molecule is CN1CCNCC1c1noc(-c2ccn(-c3cccc(Br)c3)n2)n1. The molecule has 1 aliphatic heterocycles. The highest BCUT2D eigenvalue weighted by Crippen LogP contribution is 2.22. The van der Waals surface area contributed by atoms with Crippen LogP contribution in [0.2, 0.25) is 0 Å². The molecule has 0 saturated carbocycles. The molecule has 3 aromatic rings. The molecule has 1 N–H and O–H groups in total. The Morgan fingerprint density at radius 2 is 2.25 bits per heavy atom. The Labute approximate surface area is 147 Å². The van der Waals surface area contributed by atoms with Gasteiger partial charge in [-0.15, -0.1) is 0 Å². The second kappa shape index (κ2) is 6.46. The molecule has 0 aliphatic carbocycles. The van der Waals surface area contributed by atoms with E-state index in [0.29, 0.717) is 17.4 Å². The molecule has 24 heavy (non-hydrogen) atoms. The van der Waals surface area contributed by atoms with Gasteiger partial charge in [0.1, 0.15) is 0 Å². The zero-order chi connectivity index (χ0) is 16.5. The summed E-state index contributed by atoms with van der Waals surface area (Å²) < 4.78 is 8.22. The normalized spacial score (nSPS) is 18.8. The van der Waals surface area contributed by atoms with Crippen LogP contribution in [0.4, 0.5) is 0 Å². The lowest BCUT2D eigenvalue weighted by molar-refractivity contribution is 0.190. The first kappa shape index (κ1) is 15.5. The van der Waals surface area contributed by atoms with Crippen molar-refractivity contribution in [2.24, 2.45) is 0 Å². The van der Waals surface area contributed by atoms with Crippen LogP contribution in [0.25, 0.3) is 17.3 Å². The first-order chi connectivity index (χ1) is 11.7. The van der Waals surface area contributed by atoms with Gasteiger partial charge in [0.2, 0.25) is 0 Å². The van der Waals surface area contributed by atoms with Crippen LogP contribution in [0.3, 0.4) is 0 Å². The molecule has 4 rings (SSSR count). The molecule has 1 atom stereocenters. The summed E-state index contributed by atoms with van der Waals surface area (Å²) in [5, 5.41) is 12.0. The Morgan fingerprint density at radius 1 is 1.33 bits per heavy atom. The van der Waals surface area contributed by atoms with E-state index in [1.807, 2.05) is 36.5 Å². The third-order valence-corrected chi connectivity index (χ3v) is 4.63. The minimum Gasteiger partial charge on any atom is -0.332 e. The summed E-state index contributed by atoms with van der Waals surface area (Å²) in [6.07, 6.45) is 1.88. The van der Waals surface area contributed by atoms with Gasteiger partial charge in [-0.1, -0.05) is 27.2 Å². The molecule has 7 nitrogen and oxygen atoms in total. The van der Waals surface area contributed by atoms with Crippen molar-refractivity contribution in [1.82, 2.24) is 30.1 Å². The summed E-state index contributed by atoms with van der Waals surface area (Å²) in [5.74, 6) is 1.13. The van der Waals surface area contributed by atoms with Gasteiger partial charge in [-0.25, -0.2) is 4.68 Å². The van der Waals surface area contributed by atoms with Crippen molar-refractivity contribution < 1.29 is 4.52 Å². The number of piperazine rings is 1. The summed E-state index contributed by atoms with van der Waals surface area (Å²) in [7, 11) is 2.07. The van der Waals surface area contributed by atoms with Gasteiger partial charge in [-0.2, -0.15) is 10.1 Å². The van der Waals surface area contributed by atoms with Crippen LogP contribution in [-0.2, 0) is 0 Å². The van der Waals surface area contributed by atoms with Gasteiger partial charge in [0.05, 0.1) is 11.7 Å². The fourth-order valence-electron chi connectivity index (χ4n) is 2.77. The number of benzene rings is 1.